The van der Waals surface area contributed by atoms with Gasteiger partial charge in [0.25, 0.3) is 0 Å². The van der Waals surface area contributed by atoms with E-state index in [1.807, 2.05) is 42.6 Å². The molecule has 144 valence electrons. The Hall–Kier alpha value is -2.65. The summed E-state index contributed by atoms with van der Waals surface area (Å²) in [6, 6.07) is 11.2. The number of carbonyl (C=O) groups excluding carboxylic acids is 2. The van der Waals surface area contributed by atoms with E-state index in [0.717, 1.165) is 11.5 Å². The molecule has 0 spiro atoms. The van der Waals surface area contributed by atoms with Crippen molar-refractivity contribution in [3.8, 4) is 0 Å². The normalized spacial score (nSPS) is 16.4. The molecule has 2 N–H and O–H groups in total. The van der Waals surface area contributed by atoms with Crippen LogP contribution in [0.25, 0.3) is 0 Å². The summed E-state index contributed by atoms with van der Waals surface area (Å²) in [5.74, 6) is 0.810. The van der Waals surface area contributed by atoms with Crippen molar-refractivity contribution in [1.29, 1.82) is 0 Å². The zero-order chi connectivity index (χ0) is 19.5. The average Bonchev–Trinajstić information content (AvgIpc) is 3.31. The number of rotatable bonds is 5. The number of para-hydroxylation sites is 2. The molecule has 0 saturated heterocycles. The Morgan fingerprint density at radius 3 is 3.00 bits per heavy atom. The maximum atomic E-state index is 13.0. The zero-order valence-corrected chi connectivity index (χ0v) is 16.8. The van der Waals surface area contributed by atoms with Gasteiger partial charge in [-0.15, -0.1) is 16.4 Å². The van der Waals surface area contributed by atoms with Crippen LogP contribution in [-0.2, 0) is 16.0 Å². The lowest BCUT2D eigenvalue weighted by Crippen LogP contribution is -2.40. The molecule has 0 bridgehead atoms. The molecule has 0 radical (unpaired) electrons. The number of aromatic amines is 1. The number of anilines is 2. The number of fused-ring (bicyclic) bond motifs is 1. The minimum absolute atomic E-state index is 0.0777. The topological polar surface area (TPSA) is 91.0 Å². The number of carbonyl (C=O) groups is 2. The number of amides is 2. The van der Waals surface area contributed by atoms with E-state index in [4.69, 9.17) is 0 Å². The van der Waals surface area contributed by atoms with Crippen molar-refractivity contribution in [3.63, 3.8) is 0 Å². The third-order valence-corrected chi connectivity index (χ3v) is 6.09. The van der Waals surface area contributed by atoms with Gasteiger partial charge in [-0.2, -0.15) is 0 Å². The Morgan fingerprint density at radius 1 is 1.32 bits per heavy atom. The van der Waals surface area contributed by atoms with Crippen LogP contribution in [0.15, 0.2) is 46.9 Å². The van der Waals surface area contributed by atoms with Crippen molar-refractivity contribution >= 4 is 46.3 Å². The number of aromatic nitrogens is 3. The van der Waals surface area contributed by atoms with E-state index >= 15 is 0 Å². The second kappa shape index (κ2) is 8.15. The summed E-state index contributed by atoms with van der Waals surface area (Å²) in [5.41, 5.74) is 1.38. The molecule has 1 unspecified atom stereocenters. The van der Waals surface area contributed by atoms with E-state index in [1.54, 1.807) is 16.2 Å². The van der Waals surface area contributed by atoms with Gasteiger partial charge >= 0.3 is 0 Å². The van der Waals surface area contributed by atoms with Gasteiger partial charge in [0.15, 0.2) is 0 Å². The van der Waals surface area contributed by atoms with Crippen molar-refractivity contribution in [2.24, 2.45) is 0 Å². The molecule has 7 nitrogen and oxygen atoms in total. The van der Waals surface area contributed by atoms with Crippen LogP contribution < -0.4 is 10.2 Å². The van der Waals surface area contributed by atoms with Gasteiger partial charge < -0.3 is 10.2 Å². The van der Waals surface area contributed by atoms with Gasteiger partial charge in [-0.25, -0.2) is 4.98 Å². The molecule has 0 saturated carbocycles. The van der Waals surface area contributed by atoms with Gasteiger partial charge in [-0.1, -0.05) is 30.0 Å². The number of nitrogens with one attached hydrogen (secondary N) is 2. The Morgan fingerprint density at radius 2 is 2.18 bits per heavy atom. The van der Waals surface area contributed by atoms with Crippen LogP contribution in [0.4, 0.5) is 11.4 Å². The summed E-state index contributed by atoms with van der Waals surface area (Å²) in [6.45, 7) is 1.89. The fourth-order valence-corrected chi connectivity index (χ4v) is 4.55. The molecular formula is C19H19N5O2S2. The molecular weight excluding hydrogens is 394 g/mol. The lowest BCUT2D eigenvalue weighted by molar-refractivity contribution is -0.117. The molecule has 1 aliphatic rings. The highest BCUT2D eigenvalue weighted by Crippen LogP contribution is 2.32. The number of H-pyrrole nitrogens is 1. The number of benzene rings is 1. The standard InChI is InChI=1S/C19H19N5O2S2/c1-12-9-17(25)20-14-6-2-3-7-15(14)24(12)18(26)11-28-19-21-16(22-23-19)10-13-5-4-8-27-13/h2-8,12H,9-11H2,1H3,(H,20,25)(H,21,22,23). The smallest absolute Gasteiger partial charge is 0.237 e. The molecule has 3 aromatic rings. The van der Waals surface area contributed by atoms with Crippen LogP contribution in [0.3, 0.4) is 0 Å². The summed E-state index contributed by atoms with van der Waals surface area (Å²) in [6.07, 6.45) is 0.959. The predicted molar refractivity (Wildman–Crippen MR) is 111 cm³/mol. The Bertz CT molecular complexity index is 986. The molecule has 1 aromatic carbocycles. The molecule has 9 heteroatoms. The largest absolute Gasteiger partial charge is 0.324 e. The third kappa shape index (κ3) is 4.10. The van der Waals surface area contributed by atoms with Crippen LogP contribution >= 0.6 is 23.1 Å². The van der Waals surface area contributed by atoms with Crippen molar-refractivity contribution in [2.75, 3.05) is 16.0 Å². The fraction of sp³-hybridized carbons (Fsp3) is 0.263. The summed E-state index contributed by atoms with van der Waals surface area (Å²) in [5, 5.41) is 12.6. The number of hydrogen-bond acceptors (Lipinski definition) is 6. The number of nitrogens with zero attached hydrogens (tertiary/aromatic N) is 3. The van der Waals surface area contributed by atoms with E-state index in [1.165, 1.54) is 16.6 Å². The predicted octanol–water partition coefficient (Wildman–Crippen LogP) is 3.31. The molecule has 4 rings (SSSR count). The van der Waals surface area contributed by atoms with Crippen molar-refractivity contribution in [2.45, 2.75) is 31.0 Å². The van der Waals surface area contributed by atoms with Crippen LogP contribution in [0, 0.1) is 0 Å². The van der Waals surface area contributed by atoms with E-state index in [0.29, 0.717) is 17.3 Å². The molecule has 2 aromatic heterocycles. The van der Waals surface area contributed by atoms with Crippen molar-refractivity contribution in [3.05, 3.63) is 52.5 Å². The first-order chi connectivity index (χ1) is 13.6. The maximum Gasteiger partial charge on any atom is 0.237 e. The second-order valence-corrected chi connectivity index (χ2v) is 8.47. The van der Waals surface area contributed by atoms with Gasteiger partial charge in [0, 0.05) is 23.8 Å². The number of hydrogen-bond donors (Lipinski definition) is 2. The highest BCUT2D eigenvalue weighted by atomic mass is 32.2. The molecule has 3 heterocycles. The van der Waals surface area contributed by atoms with E-state index in [2.05, 4.69) is 26.6 Å². The molecule has 2 amide bonds. The van der Waals surface area contributed by atoms with E-state index in [-0.39, 0.29) is 30.0 Å². The van der Waals surface area contributed by atoms with Crippen LogP contribution in [0.2, 0.25) is 0 Å². The SMILES string of the molecule is CC1CC(=O)Nc2ccccc2N1C(=O)CSc1n[nH]c(Cc2cccs2)n1. The van der Waals surface area contributed by atoms with Crippen LogP contribution in [-0.4, -0.2) is 38.8 Å². The zero-order valence-electron chi connectivity index (χ0n) is 15.2. The van der Waals surface area contributed by atoms with Gasteiger partial charge in [0.1, 0.15) is 5.82 Å². The van der Waals surface area contributed by atoms with E-state index in [9.17, 15) is 9.59 Å². The average molecular weight is 414 g/mol. The van der Waals surface area contributed by atoms with Gasteiger partial charge in [0.05, 0.1) is 17.1 Å². The Balaban J connectivity index is 1.45. The minimum Gasteiger partial charge on any atom is -0.324 e. The number of thiophene rings is 1. The highest BCUT2D eigenvalue weighted by molar-refractivity contribution is 7.99. The lowest BCUT2D eigenvalue weighted by Gasteiger charge is -2.27. The summed E-state index contributed by atoms with van der Waals surface area (Å²) in [7, 11) is 0. The Labute approximate surface area is 170 Å². The molecule has 1 aliphatic heterocycles. The lowest BCUT2D eigenvalue weighted by atomic mass is 10.2. The van der Waals surface area contributed by atoms with Gasteiger partial charge in [0.2, 0.25) is 17.0 Å². The quantitative estimate of drug-likeness (QED) is 0.626. The van der Waals surface area contributed by atoms with Crippen LogP contribution in [0.5, 0.6) is 0 Å². The van der Waals surface area contributed by atoms with Crippen LogP contribution in [0.1, 0.15) is 24.0 Å². The second-order valence-electron chi connectivity index (χ2n) is 6.49. The van der Waals surface area contributed by atoms with Crippen molar-refractivity contribution in [1.82, 2.24) is 15.2 Å². The fourth-order valence-electron chi connectivity index (χ4n) is 3.16. The first-order valence-electron chi connectivity index (χ1n) is 8.87. The summed E-state index contributed by atoms with van der Waals surface area (Å²) < 4.78 is 0. The number of thioether (sulfide) groups is 1. The Kier molecular flexibility index (Phi) is 5.45. The first-order valence-corrected chi connectivity index (χ1v) is 10.7. The molecule has 28 heavy (non-hydrogen) atoms. The summed E-state index contributed by atoms with van der Waals surface area (Å²) in [4.78, 5) is 32.4. The van der Waals surface area contributed by atoms with Gasteiger partial charge in [-0.3, -0.25) is 14.7 Å². The maximum absolute atomic E-state index is 13.0. The highest BCUT2D eigenvalue weighted by Gasteiger charge is 2.29. The summed E-state index contributed by atoms with van der Waals surface area (Å²) >= 11 is 2.96. The van der Waals surface area contributed by atoms with Gasteiger partial charge in [-0.05, 0) is 30.5 Å². The van der Waals surface area contributed by atoms with E-state index < -0.39 is 0 Å². The minimum atomic E-state index is -0.224. The molecule has 0 aliphatic carbocycles. The van der Waals surface area contributed by atoms with Crippen molar-refractivity contribution < 1.29 is 9.59 Å². The first kappa shape index (κ1) is 18.7. The third-order valence-electron chi connectivity index (χ3n) is 4.39. The molecule has 1 atom stereocenters. The molecule has 0 fully saturated rings. The monoisotopic (exact) mass is 413 g/mol.